The molecule has 1 aliphatic rings. The molecule has 0 saturated heterocycles. The van der Waals surface area contributed by atoms with Gasteiger partial charge >= 0.3 is 0 Å². The van der Waals surface area contributed by atoms with Crippen molar-refractivity contribution in [2.75, 3.05) is 0 Å². The molecule has 152 valence electrons. The van der Waals surface area contributed by atoms with Gasteiger partial charge in [0, 0.05) is 11.8 Å². The third kappa shape index (κ3) is 6.72. The first-order valence-corrected chi connectivity index (χ1v) is 11.5. The summed E-state index contributed by atoms with van der Waals surface area (Å²) in [6.07, 6.45) is 18.4. The van der Waals surface area contributed by atoms with E-state index in [4.69, 9.17) is 0 Å². The average molecular weight is 382 g/mol. The Kier molecular flexibility index (Phi) is 8.51. The summed E-state index contributed by atoms with van der Waals surface area (Å²) in [6.45, 7) is 2.29. The van der Waals surface area contributed by atoms with E-state index in [2.05, 4.69) is 36.2 Å². The minimum atomic E-state index is -0.424. The first-order valence-electron chi connectivity index (χ1n) is 11.5. The zero-order valence-electron chi connectivity index (χ0n) is 17.5. The van der Waals surface area contributed by atoms with Crippen LogP contribution in [-0.2, 0) is 6.42 Å². The molecule has 1 fully saturated rings. The Morgan fingerprint density at radius 2 is 1.43 bits per heavy atom. The number of halogens is 1. The number of benzene rings is 1. The second-order valence-electron chi connectivity index (χ2n) is 8.69. The van der Waals surface area contributed by atoms with E-state index in [1.54, 1.807) is 12.3 Å². The van der Waals surface area contributed by atoms with E-state index in [9.17, 15) is 4.39 Å². The molecule has 0 N–H and O–H groups in total. The normalized spacial score (nSPS) is 19.6. The molecule has 2 aromatic rings. The number of aryl methyl sites for hydroxylation is 1. The van der Waals surface area contributed by atoms with Crippen molar-refractivity contribution in [3.05, 3.63) is 54.1 Å². The van der Waals surface area contributed by atoms with Crippen molar-refractivity contribution in [2.45, 2.75) is 84.0 Å². The predicted octanol–water partition coefficient (Wildman–Crippen LogP) is 7.99. The summed E-state index contributed by atoms with van der Waals surface area (Å²) in [6, 6.07) is 11.9. The Bertz CT molecular complexity index is 669. The molecule has 0 spiro atoms. The maximum atomic E-state index is 13.0. The summed E-state index contributed by atoms with van der Waals surface area (Å²) in [7, 11) is 0. The summed E-state index contributed by atoms with van der Waals surface area (Å²) in [5.41, 5.74) is 3.49. The van der Waals surface area contributed by atoms with Crippen molar-refractivity contribution in [2.24, 2.45) is 11.8 Å². The summed E-state index contributed by atoms with van der Waals surface area (Å²) >= 11 is 0. The van der Waals surface area contributed by atoms with Gasteiger partial charge in [0.2, 0.25) is 5.95 Å². The molecule has 1 heterocycles. The molecule has 1 saturated carbocycles. The van der Waals surface area contributed by atoms with Crippen molar-refractivity contribution in [1.82, 2.24) is 4.98 Å². The number of nitrogens with zero attached hydrogens (tertiary/aromatic N) is 1. The molecule has 1 aromatic heterocycles. The lowest BCUT2D eigenvalue weighted by Gasteiger charge is -2.28. The van der Waals surface area contributed by atoms with Gasteiger partial charge < -0.3 is 0 Å². The minimum Gasteiger partial charge on any atom is -0.228 e. The topological polar surface area (TPSA) is 12.9 Å². The number of pyridine rings is 1. The molecular formula is C26H36FN. The van der Waals surface area contributed by atoms with Gasteiger partial charge in [-0.05, 0) is 47.9 Å². The highest BCUT2D eigenvalue weighted by Crippen LogP contribution is 2.34. The van der Waals surface area contributed by atoms with Crippen molar-refractivity contribution in [1.29, 1.82) is 0 Å². The van der Waals surface area contributed by atoms with Gasteiger partial charge in [-0.2, -0.15) is 4.39 Å². The van der Waals surface area contributed by atoms with Crippen molar-refractivity contribution < 1.29 is 4.39 Å². The van der Waals surface area contributed by atoms with Crippen LogP contribution in [0.25, 0.3) is 11.1 Å². The van der Waals surface area contributed by atoms with Crippen LogP contribution in [0.2, 0.25) is 0 Å². The summed E-state index contributed by atoms with van der Waals surface area (Å²) in [5, 5.41) is 0. The third-order valence-electron chi connectivity index (χ3n) is 6.54. The number of hydrogen-bond acceptors (Lipinski definition) is 1. The summed E-state index contributed by atoms with van der Waals surface area (Å²) < 4.78 is 13.0. The average Bonchev–Trinajstić information content (AvgIpc) is 2.74. The number of hydrogen-bond donors (Lipinski definition) is 0. The highest BCUT2D eigenvalue weighted by atomic mass is 19.1. The Hall–Kier alpha value is -1.70. The zero-order chi connectivity index (χ0) is 19.6. The first kappa shape index (κ1) is 21.0. The Morgan fingerprint density at radius 1 is 0.786 bits per heavy atom. The fraction of sp³-hybridized carbons (Fsp3) is 0.577. The van der Waals surface area contributed by atoms with Gasteiger partial charge in [-0.15, -0.1) is 0 Å². The van der Waals surface area contributed by atoms with Crippen LogP contribution in [0, 0.1) is 17.8 Å². The van der Waals surface area contributed by atoms with Crippen LogP contribution in [0.3, 0.4) is 0 Å². The molecule has 2 heteroatoms. The molecule has 0 radical (unpaired) electrons. The summed E-state index contributed by atoms with van der Waals surface area (Å²) in [4.78, 5) is 3.75. The van der Waals surface area contributed by atoms with Crippen LogP contribution < -0.4 is 0 Å². The highest BCUT2D eigenvalue weighted by molar-refractivity contribution is 5.62. The van der Waals surface area contributed by atoms with Gasteiger partial charge in [-0.3, -0.25) is 0 Å². The fourth-order valence-corrected chi connectivity index (χ4v) is 4.63. The van der Waals surface area contributed by atoms with Gasteiger partial charge in [-0.25, -0.2) is 4.98 Å². The molecule has 1 aromatic carbocycles. The lowest BCUT2D eigenvalue weighted by Crippen LogP contribution is -2.15. The summed E-state index contributed by atoms with van der Waals surface area (Å²) in [5.74, 6) is 1.49. The van der Waals surface area contributed by atoms with Crippen LogP contribution in [0.5, 0.6) is 0 Å². The van der Waals surface area contributed by atoms with Crippen LogP contribution in [-0.4, -0.2) is 4.98 Å². The molecule has 0 aliphatic heterocycles. The van der Waals surface area contributed by atoms with E-state index in [1.807, 2.05) is 0 Å². The van der Waals surface area contributed by atoms with Crippen LogP contribution >= 0.6 is 0 Å². The molecule has 28 heavy (non-hydrogen) atoms. The van der Waals surface area contributed by atoms with Gasteiger partial charge in [0.05, 0.1) is 0 Å². The smallest absolute Gasteiger partial charge is 0.212 e. The standard InChI is InChI=1S/C26H36FN/c1-2-3-4-5-6-7-21-8-10-22(11-9-21)12-13-23-14-16-24(17-15-23)25-18-19-26(27)28-20-25/h14-22H,2-13H2,1H3/t21-,22-. The Labute approximate surface area is 170 Å². The van der Waals surface area contributed by atoms with Gasteiger partial charge in [0.25, 0.3) is 0 Å². The predicted molar refractivity (Wildman–Crippen MR) is 117 cm³/mol. The van der Waals surface area contributed by atoms with E-state index in [0.717, 1.165) is 23.0 Å². The van der Waals surface area contributed by atoms with E-state index >= 15 is 0 Å². The molecule has 1 aliphatic carbocycles. The minimum absolute atomic E-state index is 0.424. The molecule has 0 atom stereocenters. The first-order chi connectivity index (χ1) is 13.7. The monoisotopic (exact) mass is 381 g/mol. The SMILES string of the molecule is CCCCCCC[C@H]1CC[C@H](CCc2ccc(-c3ccc(F)nc3)cc2)CC1. The third-order valence-corrected chi connectivity index (χ3v) is 6.54. The molecule has 3 rings (SSSR count). The lowest BCUT2D eigenvalue weighted by molar-refractivity contribution is 0.248. The second-order valence-corrected chi connectivity index (χ2v) is 8.69. The van der Waals surface area contributed by atoms with Gasteiger partial charge in [0.15, 0.2) is 0 Å². The van der Waals surface area contributed by atoms with Crippen LogP contribution in [0.1, 0.15) is 83.1 Å². The lowest BCUT2D eigenvalue weighted by atomic mass is 9.77. The fourth-order valence-electron chi connectivity index (χ4n) is 4.63. The van der Waals surface area contributed by atoms with Crippen molar-refractivity contribution in [3.63, 3.8) is 0 Å². The molecule has 0 unspecified atom stereocenters. The van der Waals surface area contributed by atoms with Crippen LogP contribution in [0.4, 0.5) is 4.39 Å². The quantitative estimate of drug-likeness (QED) is 0.300. The van der Waals surface area contributed by atoms with E-state index in [-0.39, 0.29) is 0 Å². The van der Waals surface area contributed by atoms with E-state index in [0.29, 0.717) is 0 Å². The highest BCUT2D eigenvalue weighted by Gasteiger charge is 2.20. The second kappa shape index (κ2) is 11.3. The molecule has 1 nitrogen and oxygen atoms in total. The van der Waals surface area contributed by atoms with Gasteiger partial charge in [0.1, 0.15) is 0 Å². The molecule has 0 amide bonds. The number of aromatic nitrogens is 1. The van der Waals surface area contributed by atoms with Crippen molar-refractivity contribution in [3.8, 4) is 11.1 Å². The number of rotatable bonds is 10. The van der Waals surface area contributed by atoms with Gasteiger partial charge in [-0.1, -0.05) is 95.4 Å². The molecular weight excluding hydrogens is 345 g/mol. The maximum absolute atomic E-state index is 13.0. The Morgan fingerprint density at radius 3 is 2.07 bits per heavy atom. The number of unbranched alkanes of at least 4 members (excludes halogenated alkanes) is 4. The van der Waals surface area contributed by atoms with E-state index < -0.39 is 5.95 Å². The van der Waals surface area contributed by atoms with E-state index in [1.165, 1.54) is 88.7 Å². The van der Waals surface area contributed by atoms with Crippen molar-refractivity contribution >= 4 is 0 Å². The maximum Gasteiger partial charge on any atom is 0.212 e. The Balaban J connectivity index is 1.35. The zero-order valence-corrected chi connectivity index (χ0v) is 17.5. The molecule has 0 bridgehead atoms. The largest absolute Gasteiger partial charge is 0.228 e. The van der Waals surface area contributed by atoms with Crippen LogP contribution in [0.15, 0.2) is 42.6 Å².